The zero-order valence-electron chi connectivity index (χ0n) is 15.3. The van der Waals surface area contributed by atoms with E-state index in [4.69, 9.17) is 9.47 Å². The maximum Gasteiger partial charge on any atom is 0.250 e. The molecule has 142 valence electrons. The predicted molar refractivity (Wildman–Crippen MR) is 110 cm³/mol. The van der Waals surface area contributed by atoms with E-state index in [-0.39, 0.29) is 11.7 Å². The Kier molecular flexibility index (Phi) is 5.43. The van der Waals surface area contributed by atoms with E-state index in [2.05, 4.69) is 15.5 Å². The van der Waals surface area contributed by atoms with Crippen molar-refractivity contribution in [2.45, 2.75) is 11.8 Å². The number of nitrogens with one attached hydrogen (secondary N) is 1. The van der Waals surface area contributed by atoms with Crippen LogP contribution in [0.25, 0.3) is 10.9 Å². The second-order valence-corrected chi connectivity index (χ2v) is 7.23. The number of pyridine rings is 1. The Labute approximate surface area is 167 Å². The van der Waals surface area contributed by atoms with Crippen LogP contribution in [0.1, 0.15) is 12.5 Å². The molecule has 0 unspecified atom stereocenters. The lowest BCUT2D eigenvalue weighted by Crippen LogP contribution is -2.21. The average molecular weight is 393 g/mol. The summed E-state index contributed by atoms with van der Waals surface area (Å²) in [5.74, 6) is 1.51. The molecule has 1 aromatic heterocycles. The number of hydrogen-bond donors (Lipinski definition) is 1. The molecule has 0 aliphatic carbocycles. The fourth-order valence-corrected chi connectivity index (χ4v) is 3.68. The van der Waals surface area contributed by atoms with Crippen LogP contribution < -0.4 is 14.9 Å². The number of para-hydroxylation sites is 1. The van der Waals surface area contributed by atoms with E-state index in [1.807, 2.05) is 55.5 Å². The highest BCUT2D eigenvalue weighted by atomic mass is 32.2. The van der Waals surface area contributed by atoms with Crippen molar-refractivity contribution in [1.29, 1.82) is 0 Å². The summed E-state index contributed by atoms with van der Waals surface area (Å²) in [6.45, 7) is 2.93. The number of thioether (sulfide) groups is 1. The van der Waals surface area contributed by atoms with Gasteiger partial charge in [-0.3, -0.25) is 9.78 Å². The van der Waals surface area contributed by atoms with Gasteiger partial charge in [-0.05, 0) is 37.3 Å². The van der Waals surface area contributed by atoms with E-state index in [9.17, 15) is 4.79 Å². The lowest BCUT2D eigenvalue weighted by atomic mass is 10.1. The number of hydrogen-bond acceptors (Lipinski definition) is 6. The SMILES string of the molecule is C/C(=N/NC(=O)CSc1cccc2cccnc12)c1ccc2c(c1)OCCO2. The molecule has 0 saturated heterocycles. The number of fused-ring (bicyclic) bond motifs is 2. The van der Waals surface area contributed by atoms with Gasteiger partial charge >= 0.3 is 0 Å². The van der Waals surface area contributed by atoms with Gasteiger partial charge in [0.2, 0.25) is 5.91 Å². The van der Waals surface area contributed by atoms with Gasteiger partial charge < -0.3 is 9.47 Å². The molecular weight excluding hydrogens is 374 g/mol. The fraction of sp³-hybridized carbons (Fsp3) is 0.190. The Morgan fingerprint density at radius 3 is 2.86 bits per heavy atom. The third-order valence-electron chi connectivity index (χ3n) is 4.26. The zero-order chi connectivity index (χ0) is 19.3. The van der Waals surface area contributed by atoms with Crippen LogP contribution in [0.4, 0.5) is 0 Å². The van der Waals surface area contributed by atoms with Crippen LogP contribution in [0, 0.1) is 0 Å². The third kappa shape index (κ3) is 4.09. The number of benzene rings is 2. The van der Waals surface area contributed by atoms with Crippen molar-refractivity contribution in [3.63, 3.8) is 0 Å². The number of amides is 1. The molecule has 3 aromatic rings. The molecule has 1 aliphatic rings. The van der Waals surface area contributed by atoms with Crippen molar-refractivity contribution in [3.05, 3.63) is 60.3 Å². The van der Waals surface area contributed by atoms with Gasteiger partial charge in [-0.1, -0.05) is 18.2 Å². The Morgan fingerprint density at radius 1 is 1.14 bits per heavy atom. The molecule has 1 amide bonds. The van der Waals surface area contributed by atoms with Gasteiger partial charge in [0.1, 0.15) is 13.2 Å². The highest BCUT2D eigenvalue weighted by Gasteiger charge is 2.13. The minimum absolute atomic E-state index is 0.171. The molecular formula is C21H19N3O3S. The molecule has 4 rings (SSSR count). The molecule has 2 heterocycles. The van der Waals surface area contributed by atoms with Crippen LogP contribution in [0.3, 0.4) is 0 Å². The first-order valence-corrected chi connectivity index (χ1v) is 9.89. The normalized spacial score (nSPS) is 13.4. The molecule has 2 aromatic carbocycles. The lowest BCUT2D eigenvalue weighted by molar-refractivity contribution is -0.118. The smallest absolute Gasteiger partial charge is 0.250 e. The summed E-state index contributed by atoms with van der Waals surface area (Å²) < 4.78 is 11.1. The number of hydrazone groups is 1. The Balaban J connectivity index is 1.38. The Hall–Kier alpha value is -3.06. The summed E-state index contributed by atoms with van der Waals surface area (Å²) in [4.78, 5) is 17.6. The maximum absolute atomic E-state index is 12.2. The van der Waals surface area contributed by atoms with E-state index < -0.39 is 0 Å². The molecule has 6 nitrogen and oxygen atoms in total. The minimum atomic E-state index is -0.171. The van der Waals surface area contributed by atoms with E-state index in [0.29, 0.717) is 24.7 Å². The first kappa shape index (κ1) is 18.3. The molecule has 0 atom stereocenters. The predicted octanol–water partition coefficient (Wildman–Crippen LogP) is 3.64. The molecule has 1 N–H and O–H groups in total. The summed E-state index contributed by atoms with van der Waals surface area (Å²) in [5, 5.41) is 5.27. The molecule has 0 bridgehead atoms. The van der Waals surface area contributed by atoms with Crippen LogP contribution in [-0.2, 0) is 4.79 Å². The van der Waals surface area contributed by atoms with E-state index in [0.717, 1.165) is 27.1 Å². The van der Waals surface area contributed by atoms with Crippen molar-refractivity contribution in [2.24, 2.45) is 5.10 Å². The van der Waals surface area contributed by atoms with Gasteiger partial charge in [-0.25, -0.2) is 5.43 Å². The first-order valence-electron chi connectivity index (χ1n) is 8.90. The van der Waals surface area contributed by atoms with Crippen LogP contribution >= 0.6 is 11.8 Å². The maximum atomic E-state index is 12.2. The quantitative estimate of drug-likeness (QED) is 0.407. The molecule has 0 fully saturated rings. The first-order chi connectivity index (χ1) is 13.7. The van der Waals surface area contributed by atoms with Crippen molar-refractivity contribution < 1.29 is 14.3 Å². The minimum Gasteiger partial charge on any atom is -0.486 e. The molecule has 7 heteroatoms. The van der Waals surface area contributed by atoms with Crippen molar-refractivity contribution >= 4 is 34.3 Å². The summed E-state index contributed by atoms with van der Waals surface area (Å²) in [6.07, 6.45) is 1.76. The van der Waals surface area contributed by atoms with Crippen molar-refractivity contribution in [3.8, 4) is 11.5 Å². The summed E-state index contributed by atoms with van der Waals surface area (Å²) in [7, 11) is 0. The number of carbonyl (C=O) groups excluding carboxylic acids is 1. The summed E-state index contributed by atoms with van der Waals surface area (Å²) >= 11 is 1.44. The van der Waals surface area contributed by atoms with Crippen LogP contribution in [0.5, 0.6) is 11.5 Å². The van der Waals surface area contributed by atoms with Crippen molar-refractivity contribution in [2.75, 3.05) is 19.0 Å². The van der Waals surface area contributed by atoms with E-state index in [1.165, 1.54) is 11.8 Å². The highest BCUT2D eigenvalue weighted by Crippen LogP contribution is 2.31. The topological polar surface area (TPSA) is 72.8 Å². The van der Waals surface area contributed by atoms with Crippen LogP contribution in [0.15, 0.2) is 64.7 Å². The largest absolute Gasteiger partial charge is 0.486 e. The number of carbonyl (C=O) groups is 1. The van der Waals surface area contributed by atoms with E-state index >= 15 is 0 Å². The molecule has 0 spiro atoms. The van der Waals surface area contributed by atoms with Crippen molar-refractivity contribution in [1.82, 2.24) is 10.4 Å². The van der Waals surface area contributed by atoms with Crippen LogP contribution in [-0.4, -0.2) is 35.6 Å². The van der Waals surface area contributed by atoms with Gasteiger partial charge in [-0.15, -0.1) is 11.8 Å². The highest BCUT2D eigenvalue weighted by molar-refractivity contribution is 8.00. The van der Waals surface area contributed by atoms with Gasteiger partial charge in [0.05, 0.1) is 17.0 Å². The lowest BCUT2D eigenvalue weighted by Gasteiger charge is -2.18. The standard InChI is InChI=1S/C21H19N3O3S/c1-14(16-7-8-17-18(12-16)27-11-10-26-17)23-24-20(25)13-28-19-6-2-4-15-5-3-9-22-21(15)19/h2-9,12H,10-11,13H2,1H3,(H,24,25)/b23-14-. The Bertz CT molecular complexity index is 1050. The van der Waals surface area contributed by atoms with Gasteiger partial charge in [-0.2, -0.15) is 5.10 Å². The number of ether oxygens (including phenoxy) is 2. The average Bonchev–Trinajstić information content (AvgIpc) is 2.75. The molecule has 0 saturated carbocycles. The second-order valence-electron chi connectivity index (χ2n) is 6.21. The molecule has 28 heavy (non-hydrogen) atoms. The van der Waals surface area contributed by atoms with Gasteiger partial charge in [0.25, 0.3) is 0 Å². The Morgan fingerprint density at radius 2 is 1.96 bits per heavy atom. The van der Waals surface area contributed by atoms with E-state index in [1.54, 1.807) is 6.20 Å². The number of aromatic nitrogens is 1. The van der Waals surface area contributed by atoms with Gasteiger partial charge in [0.15, 0.2) is 11.5 Å². The monoisotopic (exact) mass is 393 g/mol. The van der Waals surface area contributed by atoms with Gasteiger partial charge in [0, 0.05) is 22.0 Å². The number of nitrogens with zero attached hydrogens (tertiary/aromatic N) is 2. The summed E-state index contributed by atoms with van der Waals surface area (Å²) in [6, 6.07) is 15.5. The molecule has 1 aliphatic heterocycles. The third-order valence-corrected chi connectivity index (χ3v) is 5.31. The molecule has 0 radical (unpaired) electrons. The second kappa shape index (κ2) is 8.31. The zero-order valence-corrected chi connectivity index (χ0v) is 16.2. The summed E-state index contributed by atoms with van der Waals surface area (Å²) in [5.41, 5.74) is 5.08. The number of rotatable bonds is 5. The fourth-order valence-electron chi connectivity index (χ4n) is 2.85. The van der Waals surface area contributed by atoms with Crippen LogP contribution in [0.2, 0.25) is 0 Å².